The van der Waals surface area contributed by atoms with E-state index in [9.17, 15) is 19.2 Å². The van der Waals surface area contributed by atoms with Gasteiger partial charge < -0.3 is 25.1 Å². The molecule has 0 spiro atoms. The smallest absolute Gasteiger partial charge is 0.396 e. The van der Waals surface area contributed by atoms with E-state index in [2.05, 4.69) is 15.4 Å². The third-order valence-corrected chi connectivity index (χ3v) is 6.07. The van der Waals surface area contributed by atoms with Crippen LogP contribution in [-0.2, 0) is 20.9 Å². The van der Waals surface area contributed by atoms with E-state index < -0.39 is 41.4 Å². The van der Waals surface area contributed by atoms with Crippen molar-refractivity contribution in [3.8, 4) is 17.3 Å². The van der Waals surface area contributed by atoms with Crippen molar-refractivity contribution >= 4 is 42.6 Å². The van der Waals surface area contributed by atoms with Gasteiger partial charge in [0.1, 0.15) is 0 Å². The molecule has 1 atom stereocenters. The maximum absolute atomic E-state index is 13.0. The Hall–Kier alpha value is -3.66. The van der Waals surface area contributed by atoms with E-state index in [1.54, 1.807) is 13.8 Å². The first-order valence-corrected chi connectivity index (χ1v) is 12.6. The molecule has 0 unspecified atom stereocenters. The lowest BCUT2D eigenvalue weighted by atomic mass is 10.0. The molecule has 0 fully saturated rings. The molecule has 0 saturated heterocycles. The van der Waals surface area contributed by atoms with Gasteiger partial charge >= 0.3 is 19.3 Å². The van der Waals surface area contributed by atoms with Gasteiger partial charge in [0.25, 0.3) is 11.1 Å². The van der Waals surface area contributed by atoms with Crippen LogP contribution in [0.1, 0.15) is 39.2 Å². The number of H-pyrrole nitrogens is 1. The molecule has 213 valence electrons. The zero-order valence-electron chi connectivity index (χ0n) is 22.2. The fourth-order valence-corrected chi connectivity index (χ4v) is 3.99. The number of rotatable bonds is 11. The van der Waals surface area contributed by atoms with Crippen molar-refractivity contribution in [2.24, 2.45) is 5.92 Å². The Morgan fingerprint density at radius 2 is 1.77 bits per heavy atom. The summed E-state index contributed by atoms with van der Waals surface area (Å²) >= 11 is 12.8. The average molecular weight is 595 g/mol. The largest absolute Gasteiger partial charge is 0.441 e. The lowest BCUT2D eigenvalue weighted by molar-refractivity contribution is -0.151. The van der Waals surface area contributed by atoms with Gasteiger partial charge in [0.2, 0.25) is 11.7 Å². The van der Waals surface area contributed by atoms with Crippen molar-refractivity contribution in [2.45, 2.75) is 46.4 Å². The summed E-state index contributed by atoms with van der Waals surface area (Å²) in [4.78, 5) is 51.4. The maximum Gasteiger partial charge on any atom is 0.396 e. The van der Waals surface area contributed by atoms with E-state index in [1.165, 1.54) is 32.9 Å². The van der Waals surface area contributed by atoms with Gasteiger partial charge in [-0.2, -0.15) is 9.36 Å². The van der Waals surface area contributed by atoms with Crippen molar-refractivity contribution in [3.63, 3.8) is 0 Å². The van der Waals surface area contributed by atoms with Crippen LogP contribution in [0.25, 0.3) is 5.69 Å². The topological polar surface area (TPSA) is 185 Å². The van der Waals surface area contributed by atoms with Crippen LogP contribution in [0.2, 0.25) is 10.0 Å². The number of esters is 1. The zero-order valence-corrected chi connectivity index (χ0v) is 23.7. The van der Waals surface area contributed by atoms with Gasteiger partial charge in [0, 0.05) is 18.7 Å². The summed E-state index contributed by atoms with van der Waals surface area (Å²) in [6, 6.07) is 3.32. The molecule has 14 nitrogen and oxygen atoms in total. The van der Waals surface area contributed by atoms with Crippen molar-refractivity contribution in [2.75, 3.05) is 12.8 Å². The van der Waals surface area contributed by atoms with Gasteiger partial charge in [0.15, 0.2) is 12.5 Å². The minimum atomic E-state index is -0.861. The Balaban J connectivity index is 1.94. The van der Waals surface area contributed by atoms with Gasteiger partial charge in [-0.05, 0) is 24.0 Å². The van der Waals surface area contributed by atoms with Crippen LogP contribution in [-0.4, -0.2) is 51.3 Å². The monoisotopic (exact) mass is 594 g/mol. The zero-order chi connectivity index (χ0) is 29.7. The Bertz CT molecular complexity index is 1550. The number of aromatic amines is 1. The molecule has 1 radical (unpaired) electrons. The van der Waals surface area contributed by atoms with Gasteiger partial charge in [-0.3, -0.25) is 19.4 Å². The highest BCUT2D eigenvalue weighted by Gasteiger charge is 2.24. The number of carbonyl (C=O) groups is 1. The number of aromatic nitrogens is 5. The highest BCUT2D eigenvalue weighted by atomic mass is 35.5. The number of benzene rings is 1. The molecule has 4 N–H and O–H groups in total. The fourth-order valence-electron chi connectivity index (χ4n) is 3.44. The highest BCUT2D eigenvalue weighted by molar-refractivity contribution is 6.37. The van der Waals surface area contributed by atoms with Crippen LogP contribution in [0.4, 0.5) is 5.82 Å². The number of ether oxygens (including phenoxy) is 2. The molecule has 0 aliphatic carbocycles. The molecule has 40 heavy (non-hydrogen) atoms. The maximum atomic E-state index is 13.0. The molecule has 0 saturated carbocycles. The van der Waals surface area contributed by atoms with Crippen molar-refractivity contribution in [1.29, 1.82) is 0 Å². The first-order chi connectivity index (χ1) is 18.8. The predicted octanol–water partition coefficient (Wildman–Crippen LogP) is 1.58. The van der Waals surface area contributed by atoms with Crippen LogP contribution in [0.15, 0.2) is 32.6 Å². The highest BCUT2D eigenvalue weighted by Crippen LogP contribution is 2.37. The van der Waals surface area contributed by atoms with E-state index in [0.717, 1.165) is 9.36 Å². The second-order valence-electron chi connectivity index (χ2n) is 9.13. The third-order valence-electron chi connectivity index (χ3n) is 5.50. The average Bonchev–Trinajstić information content (AvgIpc) is 2.88. The SMILES string of the molecule is CO[B]N[C@H](C(=O)OCn1nc(Oc2c(Cl)cc(-n3nc(N)c(=O)[nH]c3=O)cc2Cl)cc(C(C)C)c1=O)C(C)C. The lowest BCUT2D eigenvalue weighted by Crippen LogP contribution is -2.45. The summed E-state index contributed by atoms with van der Waals surface area (Å²) in [7, 11) is 2.69. The molecule has 1 aromatic carbocycles. The Morgan fingerprint density at radius 3 is 2.35 bits per heavy atom. The molecular weight excluding hydrogens is 568 g/mol. The van der Waals surface area contributed by atoms with E-state index in [1.807, 2.05) is 18.8 Å². The summed E-state index contributed by atoms with van der Waals surface area (Å²) in [5.74, 6) is -1.55. The number of halogens is 2. The molecule has 0 bridgehead atoms. The summed E-state index contributed by atoms with van der Waals surface area (Å²) in [5.41, 5.74) is 3.76. The minimum absolute atomic E-state index is 0.0406. The number of anilines is 1. The third kappa shape index (κ3) is 7.10. The van der Waals surface area contributed by atoms with Crippen LogP contribution in [0.5, 0.6) is 11.6 Å². The predicted molar refractivity (Wildman–Crippen MR) is 148 cm³/mol. The van der Waals surface area contributed by atoms with E-state index in [4.69, 9.17) is 43.1 Å². The summed E-state index contributed by atoms with van der Waals surface area (Å²) in [6.45, 7) is 6.73. The van der Waals surface area contributed by atoms with Crippen LogP contribution < -0.4 is 32.5 Å². The fraction of sp³-hybridized carbons (Fsp3) is 0.391. The van der Waals surface area contributed by atoms with Crippen LogP contribution in [0.3, 0.4) is 0 Å². The Labute approximate surface area is 238 Å². The second-order valence-corrected chi connectivity index (χ2v) is 9.94. The van der Waals surface area contributed by atoms with Crippen molar-refractivity contribution in [1.82, 2.24) is 29.8 Å². The Morgan fingerprint density at radius 1 is 1.12 bits per heavy atom. The molecule has 2 heterocycles. The normalized spacial score (nSPS) is 12.0. The molecule has 0 aliphatic rings. The van der Waals surface area contributed by atoms with E-state index >= 15 is 0 Å². The van der Waals surface area contributed by atoms with Crippen molar-refractivity contribution in [3.05, 3.63) is 65.0 Å². The number of hydrogen-bond acceptors (Lipinski definition) is 11. The standard InChI is InChI=1S/C23H27BCl2N7O7/c1-10(2)13-8-16(30-32(21(13)35)9-39-22(36)17(11(3)4)29-24-38-5)40-18-14(25)6-12(7-15(18)26)33-23(37)28-20(34)19(27)31-33/h6-8,10-11,17,29H,9H2,1-5H3,(H2,27,31)(H,28,34,37)/t17-/m0/s1. The minimum Gasteiger partial charge on any atom is -0.441 e. The summed E-state index contributed by atoms with van der Waals surface area (Å²) < 4.78 is 17.8. The van der Waals surface area contributed by atoms with Crippen LogP contribution in [0, 0.1) is 5.92 Å². The van der Waals surface area contributed by atoms with Gasteiger partial charge in [-0.15, -0.1) is 10.2 Å². The molecule has 0 aliphatic heterocycles. The molecule has 17 heteroatoms. The first-order valence-electron chi connectivity index (χ1n) is 11.9. The Kier molecular flexibility index (Phi) is 10.1. The quantitative estimate of drug-likeness (QED) is 0.216. The number of hydrogen-bond donors (Lipinski definition) is 3. The van der Waals surface area contributed by atoms with Crippen LogP contribution >= 0.6 is 23.2 Å². The molecule has 3 aromatic rings. The molecule has 0 amide bonds. The van der Waals surface area contributed by atoms with Gasteiger partial charge in [-0.1, -0.05) is 50.9 Å². The van der Waals surface area contributed by atoms with Gasteiger partial charge in [0.05, 0.1) is 21.8 Å². The summed E-state index contributed by atoms with van der Waals surface area (Å²) in [5, 5.41) is 10.6. The number of nitrogens with two attached hydrogens (primary N) is 1. The number of nitrogens with zero attached hydrogens (tertiary/aromatic N) is 4. The molecular formula is C23H27BCl2N7O7. The van der Waals surface area contributed by atoms with E-state index in [0.29, 0.717) is 5.56 Å². The number of nitrogen functional groups attached to an aromatic ring is 1. The number of nitrogens with one attached hydrogen (secondary N) is 2. The number of carbonyl (C=O) groups excluding carboxylic acids is 1. The second kappa shape index (κ2) is 13.1. The van der Waals surface area contributed by atoms with Crippen molar-refractivity contribution < 1.29 is 18.9 Å². The lowest BCUT2D eigenvalue weighted by Gasteiger charge is -2.20. The first kappa shape index (κ1) is 30.9. The summed E-state index contributed by atoms with van der Waals surface area (Å²) in [6.07, 6.45) is 0. The molecule has 3 rings (SSSR count). The molecule has 2 aromatic heterocycles. The van der Waals surface area contributed by atoms with E-state index in [-0.39, 0.29) is 39.2 Å². The van der Waals surface area contributed by atoms with Gasteiger partial charge in [-0.25, -0.2) is 4.79 Å².